The van der Waals surface area contributed by atoms with E-state index in [1.165, 1.54) is 0 Å². The minimum absolute atomic E-state index is 0.0473. The highest BCUT2D eigenvalue weighted by Crippen LogP contribution is 2.23. The molecule has 1 heterocycles. The van der Waals surface area contributed by atoms with Gasteiger partial charge in [0.25, 0.3) is 5.91 Å². The Morgan fingerprint density at radius 1 is 1.20 bits per heavy atom. The van der Waals surface area contributed by atoms with E-state index in [9.17, 15) is 4.79 Å². The van der Waals surface area contributed by atoms with Crippen LogP contribution < -0.4 is 5.32 Å². The standard InChI is InChI=1S/C20H29N3O2/c1-14(2)18-12-17(22-23(18)20(3,4)5)19(25)21-11-10-15-6-8-16(13-24)9-7-15/h6-9,12,14,24H,10-11,13H2,1-5H3,(H,21,25). The Morgan fingerprint density at radius 2 is 1.80 bits per heavy atom. The largest absolute Gasteiger partial charge is 0.392 e. The molecule has 1 amide bonds. The topological polar surface area (TPSA) is 67.2 Å². The summed E-state index contributed by atoms with van der Waals surface area (Å²) in [6.07, 6.45) is 0.745. The molecule has 5 nitrogen and oxygen atoms in total. The number of nitrogens with one attached hydrogen (secondary N) is 1. The summed E-state index contributed by atoms with van der Waals surface area (Å²) in [6, 6.07) is 9.64. The molecule has 0 unspecified atom stereocenters. The fourth-order valence-electron chi connectivity index (χ4n) is 2.68. The molecule has 0 spiro atoms. The summed E-state index contributed by atoms with van der Waals surface area (Å²) in [5, 5.41) is 16.5. The van der Waals surface area contributed by atoms with Gasteiger partial charge < -0.3 is 10.4 Å². The van der Waals surface area contributed by atoms with Crippen LogP contribution in [-0.4, -0.2) is 27.3 Å². The Hall–Kier alpha value is -2.14. The highest BCUT2D eigenvalue weighted by Gasteiger charge is 2.23. The van der Waals surface area contributed by atoms with Crippen LogP contribution in [-0.2, 0) is 18.6 Å². The molecule has 0 fully saturated rings. The first-order chi connectivity index (χ1) is 11.7. The van der Waals surface area contributed by atoms with E-state index in [1.54, 1.807) is 0 Å². The maximum Gasteiger partial charge on any atom is 0.271 e. The second-order valence-electron chi connectivity index (χ2n) is 7.67. The Labute approximate surface area is 150 Å². The molecule has 0 radical (unpaired) electrons. The van der Waals surface area contributed by atoms with Gasteiger partial charge in [-0.25, -0.2) is 0 Å². The molecule has 0 aliphatic carbocycles. The second kappa shape index (κ2) is 7.83. The molecule has 0 aliphatic rings. The van der Waals surface area contributed by atoms with Crippen LogP contribution in [0.5, 0.6) is 0 Å². The molecule has 136 valence electrons. The minimum Gasteiger partial charge on any atom is -0.392 e. The molecule has 0 aliphatic heterocycles. The van der Waals surface area contributed by atoms with Gasteiger partial charge in [0.2, 0.25) is 0 Å². The monoisotopic (exact) mass is 343 g/mol. The number of aromatic nitrogens is 2. The summed E-state index contributed by atoms with van der Waals surface area (Å²) in [4.78, 5) is 12.4. The Kier molecular flexibility index (Phi) is 6.01. The van der Waals surface area contributed by atoms with E-state index < -0.39 is 0 Å². The molecule has 25 heavy (non-hydrogen) atoms. The first kappa shape index (κ1) is 19.2. The van der Waals surface area contributed by atoms with E-state index in [2.05, 4.69) is 45.0 Å². The SMILES string of the molecule is CC(C)c1cc(C(=O)NCCc2ccc(CO)cc2)nn1C(C)(C)C. The van der Waals surface area contributed by atoms with Crippen molar-refractivity contribution in [2.45, 2.75) is 59.1 Å². The molecule has 0 atom stereocenters. The van der Waals surface area contributed by atoms with Gasteiger partial charge in [0.05, 0.1) is 12.1 Å². The molecule has 0 saturated carbocycles. The van der Waals surface area contributed by atoms with Crippen molar-refractivity contribution in [3.05, 3.63) is 52.8 Å². The molecular weight excluding hydrogens is 314 g/mol. The van der Waals surface area contributed by atoms with Crippen LogP contribution in [0.15, 0.2) is 30.3 Å². The molecule has 1 aromatic carbocycles. The van der Waals surface area contributed by atoms with Crippen molar-refractivity contribution in [3.63, 3.8) is 0 Å². The zero-order chi connectivity index (χ0) is 18.6. The van der Waals surface area contributed by atoms with Gasteiger partial charge in [0, 0.05) is 12.2 Å². The number of aliphatic hydroxyl groups excluding tert-OH is 1. The highest BCUT2D eigenvalue weighted by atomic mass is 16.3. The quantitative estimate of drug-likeness (QED) is 0.846. The highest BCUT2D eigenvalue weighted by molar-refractivity contribution is 5.92. The third-order valence-corrected chi connectivity index (χ3v) is 4.10. The van der Waals surface area contributed by atoms with Crippen LogP contribution in [0.3, 0.4) is 0 Å². The van der Waals surface area contributed by atoms with Crippen LogP contribution >= 0.6 is 0 Å². The van der Waals surface area contributed by atoms with E-state index in [4.69, 9.17) is 5.11 Å². The van der Waals surface area contributed by atoms with E-state index >= 15 is 0 Å². The smallest absolute Gasteiger partial charge is 0.271 e. The maximum absolute atomic E-state index is 12.4. The van der Waals surface area contributed by atoms with Crippen molar-refractivity contribution < 1.29 is 9.90 Å². The number of rotatable bonds is 6. The van der Waals surface area contributed by atoms with Gasteiger partial charge in [0.1, 0.15) is 5.69 Å². The first-order valence-corrected chi connectivity index (χ1v) is 8.79. The van der Waals surface area contributed by atoms with Crippen LogP contribution in [0, 0.1) is 0 Å². The molecule has 1 aromatic heterocycles. The van der Waals surface area contributed by atoms with E-state index in [0.717, 1.165) is 23.2 Å². The number of hydrogen-bond donors (Lipinski definition) is 2. The predicted molar refractivity (Wildman–Crippen MR) is 99.7 cm³/mol. The minimum atomic E-state index is -0.160. The van der Waals surface area contributed by atoms with Crippen molar-refractivity contribution in [2.75, 3.05) is 6.54 Å². The van der Waals surface area contributed by atoms with Crippen LogP contribution in [0.2, 0.25) is 0 Å². The van der Waals surface area contributed by atoms with Crippen molar-refractivity contribution in [2.24, 2.45) is 0 Å². The zero-order valence-corrected chi connectivity index (χ0v) is 15.8. The molecule has 0 bridgehead atoms. The molecule has 2 aromatic rings. The van der Waals surface area contributed by atoms with Gasteiger partial charge >= 0.3 is 0 Å². The summed E-state index contributed by atoms with van der Waals surface area (Å²) in [7, 11) is 0. The molecular formula is C20H29N3O2. The summed E-state index contributed by atoms with van der Waals surface area (Å²) >= 11 is 0. The lowest BCUT2D eigenvalue weighted by Crippen LogP contribution is -2.28. The maximum atomic E-state index is 12.4. The first-order valence-electron chi connectivity index (χ1n) is 8.79. The lowest BCUT2D eigenvalue weighted by atomic mass is 10.1. The van der Waals surface area contributed by atoms with E-state index in [0.29, 0.717) is 18.2 Å². The summed E-state index contributed by atoms with van der Waals surface area (Å²) < 4.78 is 1.94. The average Bonchev–Trinajstić information content (AvgIpc) is 3.01. The number of nitrogens with zero attached hydrogens (tertiary/aromatic N) is 2. The van der Waals surface area contributed by atoms with Crippen molar-refractivity contribution in [3.8, 4) is 0 Å². The number of hydrogen-bond acceptors (Lipinski definition) is 3. The fraction of sp³-hybridized carbons (Fsp3) is 0.500. The number of carbonyl (C=O) groups is 1. The normalized spacial score (nSPS) is 11.8. The van der Waals surface area contributed by atoms with Crippen molar-refractivity contribution in [1.29, 1.82) is 0 Å². The molecule has 2 N–H and O–H groups in total. The Bertz CT molecular complexity index is 710. The van der Waals surface area contributed by atoms with Crippen LogP contribution in [0.1, 0.15) is 67.8 Å². The van der Waals surface area contributed by atoms with Gasteiger partial charge in [-0.1, -0.05) is 38.1 Å². The van der Waals surface area contributed by atoms with Crippen LogP contribution in [0.25, 0.3) is 0 Å². The number of aliphatic hydroxyl groups is 1. The average molecular weight is 343 g/mol. The lowest BCUT2D eigenvalue weighted by Gasteiger charge is -2.23. The third kappa shape index (κ3) is 4.92. The fourth-order valence-corrected chi connectivity index (χ4v) is 2.68. The summed E-state index contributed by atoms with van der Waals surface area (Å²) in [5.74, 6) is 0.162. The molecule has 2 rings (SSSR count). The molecule has 5 heteroatoms. The molecule has 0 saturated heterocycles. The van der Waals surface area contributed by atoms with Gasteiger partial charge in [-0.2, -0.15) is 5.10 Å². The Balaban J connectivity index is 2.00. The zero-order valence-electron chi connectivity index (χ0n) is 15.8. The number of carbonyl (C=O) groups excluding carboxylic acids is 1. The number of amides is 1. The summed E-state index contributed by atoms with van der Waals surface area (Å²) in [6.45, 7) is 11.1. The Morgan fingerprint density at radius 3 is 2.28 bits per heavy atom. The summed E-state index contributed by atoms with van der Waals surface area (Å²) in [5.41, 5.74) is 3.39. The van der Waals surface area contributed by atoms with Gasteiger partial charge in [-0.05, 0) is 50.3 Å². The van der Waals surface area contributed by atoms with Gasteiger partial charge in [0.15, 0.2) is 0 Å². The van der Waals surface area contributed by atoms with E-state index in [-0.39, 0.29) is 18.1 Å². The van der Waals surface area contributed by atoms with Crippen molar-refractivity contribution in [1.82, 2.24) is 15.1 Å². The second-order valence-corrected chi connectivity index (χ2v) is 7.67. The predicted octanol–water partition coefficient (Wildman–Crippen LogP) is 3.23. The van der Waals surface area contributed by atoms with Crippen molar-refractivity contribution >= 4 is 5.91 Å². The lowest BCUT2D eigenvalue weighted by molar-refractivity contribution is 0.0947. The van der Waals surface area contributed by atoms with Crippen LogP contribution in [0.4, 0.5) is 0 Å². The number of benzene rings is 1. The van der Waals surface area contributed by atoms with Gasteiger partial charge in [-0.3, -0.25) is 9.48 Å². The van der Waals surface area contributed by atoms with E-state index in [1.807, 2.05) is 35.0 Å². The van der Waals surface area contributed by atoms with Gasteiger partial charge in [-0.15, -0.1) is 0 Å². The third-order valence-electron chi connectivity index (χ3n) is 4.10.